The van der Waals surface area contributed by atoms with Crippen molar-refractivity contribution in [3.63, 3.8) is 0 Å². The van der Waals surface area contributed by atoms with E-state index < -0.39 is 6.85 Å². The number of imidazole rings is 1. The molecule has 0 aliphatic carbocycles. The van der Waals surface area contributed by atoms with Crippen molar-refractivity contribution in [3.8, 4) is 22.8 Å². The first-order chi connectivity index (χ1) is 15.4. The molecule has 5 rings (SSSR count). The standard InChI is InChI=1S/C26H22N3.Y/c1-19-11-10-14-22-17-24(21-12-6-4-7-13-21)29(26(19)22)25-18-28(20(2)27(25)3)23-15-8-5-9-16-23;/h4-12,14-16,18H,1-3H3;/q-1;/i2D3;. The van der Waals surface area contributed by atoms with E-state index in [2.05, 4.69) is 29.7 Å². The molecule has 0 aliphatic rings. The van der Waals surface area contributed by atoms with E-state index in [4.69, 9.17) is 4.11 Å². The average Bonchev–Trinajstić information content (AvgIpc) is 3.33. The molecule has 0 aliphatic heterocycles. The Hall–Kier alpha value is -2.49. The Labute approximate surface area is 206 Å². The number of hydrogen-bond donors (Lipinski definition) is 0. The number of benzene rings is 3. The maximum absolute atomic E-state index is 8.23. The van der Waals surface area contributed by atoms with Gasteiger partial charge in [-0.1, -0.05) is 35.5 Å². The van der Waals surface area contributed by atoms with Crippen LogP contribution >= 0.6 is 0 Å². The van der Waals surface area contributed by atoms with Gasteiger partial charge in [0.2, 0.25) is 11.6 Å². The van der Waals surface area contributed by atoms with Crippen molar-refractivity contribution in [2.45, 2.75) is 13.8 Å². The van der Waals surface area contributed by atoms with Gasteiger partial charge in [-0.2, -0.15) is 35.9 Å². The van der Waals surface area contributed by atoms with Crippen molar-refractivity contribution < 1.29 is 41.4 Å². The number of hydrogen-bond acceptors (Lipinski definition) is 0. The van der Waals surface area contributed by atoms with Gasteiger partial charge in [-0.25, -0.2) is 9.13 Å². The van der Waals surface area contributed by atoms with Crippen LogP contribution in [0.5, 0.6) is 0 Å². The minimum absolute atomic E-state index is 0. The molecule has 0 spiro atoms. The fourth-order valence-corrected chi connectivity index (χ4v) is 3.84. The SMILES string of the molecule is [2H]C([2H])([2H])c1n(-c2ccccc2)cc(-n2c(-c3[c-]cccc3)[c-]c3cccc(C)c32)[n+]1C.[Y]. The van der Waals surface area contributed by atoms with E-state index in [-0.39, 0.29) is 38.5 Å². The molecular formula is C26H22N3Y-. The molecule has 0 saturated carbocycles. The van der Waals surface area contributed by atoms with Crippen molar-refractivity contribution in [2.24, 2.45) is 7.05 Å². The van der Waals surface area contributed by atoms with Crippen molar-refractivity contribution in [1.82, 2.24) is 9.13 Å². The van der Waals surface area contributed by atoms with Gasteiger partial charge >= 0.3 is 0 Å². The molecule has 145 valence electrons. The predicted molar refractivity (Wildman–Crippen MR) is 116 cm³/mol. The summed E-state index contributed by atoms with van der Waals surface area (Å²) in [5, 5.41) is 0.972. The van der Waals surface area contributed by atoms with Gasteiger partial charge in [0.1, 0.15) is 11.9 Å². The zero-order valence-electron chi connectivity index (χ0n) is 19.9. The Bertz CT molecular complexity index is 1420. The number of nitrogens with zero attached hydrogens (tertiary/aromatic N) is 3. The zero-order valence-corrected chi connectivity index (χ0v) is 19.8. The van der Waals surface area contributed by atoms with Crippen LogP contribution in [0, 0.1) is 25.9 Å². The largest absolute Gasteiger partial charge is 0.322 e. The Morgan fingerprint density at radius 3 is 2.50 bits per heavy atom. The van der Waals surface area contributed by atoms with Gasteiger partial charge in [0, 0.05) is 49.2 Å². The minimum Gasteiger partial charge on any atom is -0.322 e. The Morgan fingerprint density at radius 1 is 0.967 bits per heavy atom. The van der Waals surface area contributed by atoms with E-state index in [1.165, 1.54) is 0 Å². The van der Waals surface area contributed by atoms with Crippen LogP contribution in [-0.2, 0) is 39.8 Å². The van der Waals surface area contributed by atoms with Crippen LogP contribution in [0.2, 0.25) is 0 Å². The normalized spacial score (nSPS) is 12.8. The molecule has 0 saturated heterocycles. The molecule has 3 aromatic carbocycles. The van der Waals surface area contributed by atoms with Gasteiger partial charge in [-0.15, -0.1) is 23.6 Å². The summed E-state index contributed by atoms with van der Waals surface area (Å²) in [5.74, 6) is 0.977. The summed E-state index contributed by atoms with van der Waals surface area (Å²) in [6.07, 6.45) is 1.89. The van der Waals surface area contributed by atoms with Crippen LogP contribution in [-0.4, -0.2) is 9.13 Å². The number of aryl methyl sites for hydroxylation is 1. The topological polar surface area (TPSA) is 13.7 Å². The van der Waals surface area contributed by atoms with Crippen LogP contribution in [0.4, 0.5) is 0 Å². The first-order valence-electron chi connectivity index (χ1n) is 11.0. The van der Waals surface area contributed by atoms with Crippen LogP contribution < -0.4 is 4.57 Å². The number of para-hydroxylation sites is 2. The van der Waals surface area contributed by atoms with Crippen molar-refractivity contribution in [1.29, 1.82) is 0 Å². The van der Waals surface area contributed by atoms with Crippen molar-refractivity contribution >= 4 is 10.9 Å². The maximum atomic E-state index is 8.23. The van der Waals surface area contributed by atoms with Crippen molar-refractivity contribution in [2.75, 3.05) is 0 Å². The smallest absolute Gasteiger partial charge is 0.247 e. The molecule has 0 atom stereocenters. The summed E-state index contributed by atoms with van der Waals surface area (Å²) in [6, 6.07) is 30.3. The van der Waals surface area contributed by atoms with Gasteiger partial charge in [-0.3, -0.25) is 0 Å². The van der Waals surface area contributed by atoms with E-state index in [1.807, 2.05) is 72.9 Å². The molecule has 5 aromatic rings. The summed E-state index contributed by atoms with van der Waals surface area (Å²) in [6.45, 7) is -0.242. The molecule has 0 N–H and O–H groups in total. The Balaban J connectivity index is 0.00000259. The number of rotatable bonds is 3. The molecule has 0 amide bonds. The molecule has 4 heteroatoms. The van der Waals surface area contributed by atoms with Crippen molar-refractivity contribution in [3.05, 3.63) is 103 Å². The monoisotopic (exact) mass is 468 g/mol. The molecule has 2 heterocycles. The van der Waals surface area contributed by atoms with Crippen LogP contribution in [0.25, 0.3) is 33.7 Å². The third-order valence-corrected chi connectivity index (χ3v) is 5.30. The maximum Gasteiger partial charge on any atom is 0.247 e. The molecule has 2 aromatic heterocycles. The third-order valence-electron chi connectivity index (χ3n) is 5.30. The van der Waals surface area contributed by atoms with Gasteiger partial charge < -0.3 is 4.57 Å². The van der Waals surface area contributed by atoms with E-state index in [0.717, 1.165) is 39.2 Å². The molecule has 0 unspecified atom stereocenters. The molecule has 0 bridgehead atoms. The average molecular weight is 468 g/mol. The van der Waals surface area contributed by atoms with Gasteiger partial charge in [-0.05, 0) is 19.1 Å². The third kappa shape index (κ3) is 3.36. The summed E-state index contributed by atoms with van der Waals surface area (Å²) in [4.78, 5) is 0. The van der Waals surface area contributed by atoms with Crippen LogP contribution in [0.3, 0.4) is 0 Å². The quantitative estimate of drug-likeness (QED) is 0.258. The van der Waals surface area contributed by atoms with E-state index in [0.29, 0.717) is 0 Å². The first kappa shape index (κ1) is 17.2. The van der Waals surface area contributed by atoms with E-state index >= 15 is 0 Å². The summed E-state index contributed by atoms with van der Waals surface area (Å²) in [5.41, 5.74) is 4.62. The summed E-state index contributed by atoms with van der Waals surface area (Å²) in [7, 11) is 1.80. The Kier molecular flexibility index (Phi) is 4.78. The fourth-order valence-electron chi connectivity index (χ4n) is 3.84. The number of aromatic nitrogens is 3. The predicted octanol–water partition coefficient (Wildman–Crippen LogP) is 5.13. The molecule has 3 nitrogen and oxygen atoms in total. The molecule has 30 heavy (non-hydrogen) atoms. The van der Waals surface area contributed by atoms with E-state index in [1.54, 1.807) is 16.2 Å². The number of fused-ring (bicyclic) bond motifs is 1. The molecule has 0 fully saturated rings. The fraction of sp³-hybridized carbons (Fsp3) is 0.115. The van der Waals surface area contributed by atoms with Crippen LogP contribution in [0.15, 0.2) is 79.0 Å². The minimum atomic E-state index is -2.30. The first-order valence-corrected chi connectivity index (χ1v) is 9.54. The molecular weight excluding hydrogens is 443 g/mol. The van der Waals surface area contributed by atoms with Gasteiger partial charge in [0.05, 0.1) is 7.05 Å². The summed E-state index contributed by atoms with van der Waals surface area (Å²) < 4.78 is 30.3. The second-order valence-electron chi connectivity index (χ2n) is 7.13. The second-order valence-corrected chi connectivity index (χ2v) is 7.13. The Morgan fingerprint density at radius 2 is 1.77 bits per heavy atom. The second kappa shape index (κ2) is 8.33. The van der Waals surface area contributed by atoms with Gasteiger partial charge in [0.25, 0.3) is 0 Å². The summed E-state index contributed by atoms with van der Waals surface area (Å²) >= 11 is 0. The van der Waals surface area contributed by atoms with Crippen LogP contribution in [0.1, 0.15) is 15.5 Å². The van der Waals surface area contributed by atoms with Gasteiger partial charge in [0.15, 0.2) is 0 Å². The molecule has 1 radical (unpaired) electrons. The van der Waals surface area contributed by atoms with E-state index in [9.17, 15) is 0 Å². The zero-order chi connectivity index (χ0) is 22.5.